The number of nitrogens with zero attached hydrogens (tertiary/aromatic N) is 2. The standard InChI is InChI=1S/C19H18BrClFN3O2/c20-16-6-1-13(11-17(16)22)19(27)23-12-18(26)25-9-7-24(8-10-25)15-4-2-14(21)3-5-15/h1-6,11H,7-10,12H2,(H,23,27). The largest absolute Gasteiger partial charge is 0.368 e. The van der Waals surface area contributed by atoms with E-state index >= 15 is 0 Å². The average Bonchev–Trinajstić information content (AvgIpc) is 2.68. The summed E-state index contributed by atoms with van der Waals surface area (Å²) >= 11 is 8.95. The van der Waals surface area contributed by atoms with Crippen LogP contribution in [0.2, 0.25) is 5.02 Å². The number of carbonyl (C=O) groups excluding carboxylic acids is 2. The van der Waals surface area contributed by atoms with E-state index in [2.05, 4.69) is 26.1 Å². The van der Waals surface area contributed by atoms with Crippen LogP contribution >= 0.6 is 27.5 Å². The number of hydrogen-bond donors (Lipinski definition) is 1. The van der Waals surface area contributed by atoms with E-state index in [1.165, 1.54) is 12.1 Å². The molecule has 2 amide bonds. The first kappa shape index (κ1) is 19.6. The summed E-state index contributed by atoms with van der Waals surface area (Å²) in [5.41, 5.74) is 1.24. The summed E-state index contributed by atoms with van der Waals surface area (Å²) < 4.78 is 13.8. The summed E-state index contributed by atoms with van der Waals surface area (Å²) in [5.74, 6) is -1.15. The van der Waals surface area contributed by atoms with Crippen LogP contribution in [0.15, 0.2) is 46.9 Å². The molecule has 5 nitrogen and oxygen atoms in total. The molecule has 2 aromatic carbocycles. The molecule has 0 bridgehead atoms. The molecule has 0 aromatic heterocycles. The Balaban J connectivity index is 1.48. The summed E-state index contributed by atoms with van der Waals surface area (Å²) in [6.07, 6.45) is 0. The van der Waals surface area contributed by atoms with Crippen molar-refractivity contribution in [2.75, 3.05) is 37.6 Å². The third-order valence-electron chi connectivity index (χ3n) is 4.41. The van der Waals surface area contributed by atoms with Gasteiger partial charge in [0.1, 0.15) is 5.82 Å². The van der Waals surface area contributed by atoms with Gasteiger partial charge in [-0.25, -0.2) is 4.39 Å². The van der Waals surface area contributed by atoms with Crippen LogP contribution < -0.4 is 10.2 Å². The first-order valence-corrected chi connectivity index (χ1v) is 9.62. The predicted molar refractivity (Wildman–Crippen MR) is 107 cm³/mol. The first-order chi connectivity index (χ1) is 12.9. The van der Waals surface area contributed by atoms with E-state index in [1.54, 1.807) is 4.90 Å². The highest BCUT2D eigenvalue weighted by molar-refractivity contribution is 9.10. The van der Waals surface area contributed by atoms with Crippen molar-refractivity contribution in [1.29, 1.82) is 0 Å². The lowest BCUT2D eigenvalue weighted by Crippen LogP contribution is -2.51. The minimum Gasteiger partial charge on any atom is -0.368 e. The fourth-order valence-corrected chi connectivity index (χ4v) is 3.25. The minimum absolute atomic E-state index is 0.114. The van der Waals surface area contributed by atoms with Gasteiger partial charge in [-0.3, -0.25) is 9.59 Å². The number of hydrogen-bond acceptors (Lipinski definition) is 3. The fraction of sp³-hybridized carbons (Fsp3) is 0.263. The Morgan fingerprint density at radius 1 is 1.07 bits per heavy atom. The molecule has 1 N–H and O–H groups in total. The molecule has 0 atom stereocenters. The van der Waals surface area contributed by atoms with E-state index < -0.39 is 11.7 Å². The summed E-state index contributed by atoms with van der Waals surface area (Å²) in [7, 11) is 0. The lowest BCUT2D eigenvalue weighted by molar-refractivity contribution is -0.130. The van der Waals surface area contributed by atoms with Gasteiger partial charge >= 0.3 is 0 Å². The lowest BCUT2D eigenvalue weighted by atomic mass is 10.2. The van der Waals surface area contributed by atoms with Crippen molar-refractivity contribution in [3.63, 3.8) is 0 Å². The highest BCUT2D eigenvalue weighted by atomic mass is 79.9. The van der Waals surface area contributed by atoms with Crippen LogP contribution in [0.3, 0.4) is 0 Å². The van der Waals surface area contributed by atoms with Gasteiger partial charge in [0.2, 0.25) is 5.91 Å². The summed E-state index contributed by atoms with van der Waals surface area (Å²) in [6.45, 7) is 2.45. The zero-order chi connectivity index (χ0) is 19.4. The zero-order valence-electron chi connectivity index (χ0n) is 14.4. The van der Waals surface area contributed by atoms with Crippen molar-refractivity contribution in [3.05, 3.63) is 63.3 Å². The number of piperazine rings is 1. The number of rotatable bonds is 4. The van der Waals surface area contributed by atoms with E-state index in [-0.39, 0.29) is 22.5 Å². The number of nitrogens with one attached hydrogen (secondary N) is 1. The predicted octanol–water partition coefficient (Wildman–Crippen LogP) is 3.32. The van der Waals surface area contributed by atoms with E-state index in [0.717, 1.165) is 11.8 Å². The number of benzene rings is 2. The maximum atomic E-state index is 13.5. The Labute approximate surface area is 170 Å². The summed E-state index contributed by atoms with van der Waals surface area (Å²) in [5, 5.41) is 3.24. The molecule has 0 radical (unpaired) electrons. The lowest BCUT2D eigenvalue weighted by Gasteiger charge is -2.36. The molecule has 3 rings (SSSR count). The van der Waals surface area contributed by atoms with E-state index in [9.17, 15) is 14.0 Å². The maximum absolute atomic E-state index is 13.5. The third kappa shape index (κ3) is 4.99. The van der Waals surface area contributed by atoms with E-state index in [0.29, 0.717) is 31.2 Å². The van der Waals surface area contributed by atoms with Crippen LogP contribution in [0.25, 0.3) is 0 Å². The van der Waals surface area contributed by atoms with Gasteiger partial charge in [0.25, 0.3) is 5.91 Å². The van der Waals surface area contributed by atoms with Crippen molar-refractivity contribution in [3.8, 4) is 0 Å². The molecule has 0 spiro atoms. The van der Waals surface area contributed by atoms with Gasteiger partial charge < -0.3 is 15.1 Å². The molecule has 1 fully saturated rings. The van der Waals surface area contributed by atoms with Crippen LogP contribution in [0.4, 0.5) is 10.1 Å². The topological polar surface area (TPSA) is 52.7 Å². The highest BCUT2D eigenvalue weighted by Crippen LogP contribution is 2.19. The van der Waals surface area contributed by atoms with Gasteiger partial charge in [-0.1, -0.05) is 11.6 Å². The molecule has 0 saturated carbocycles. The van der Waals surface area contributed by atoms with E-state index in [4.69, 9.17) is 11.6 Å². The monoisotopic (exact) mass is 453 g/mol. The van der Waals surface area contributed by atoms with Crippen molar-refractivity contribution in [2.45, 2.75) is 0 Å². The van der Waals surface area contributed by atoms with Gasteiger partial charge in [0.05, 0.1) is 11.0 Å². The molecular weight excluding hydrogens is 437 g/mol. The quantitative estimate of drug-likeness (QED) is 0.771. The fourth-order valence-electron chi connectivity index (χ4n) is 2.87. The van der Waals surface area contributed by atoms with Crippen LogP contribution in [0, 0.1) is 5.82 Å². The van der Waals surface area contributed by atoms with Crippen molar-refractivity contribution in [2.24, 2.45) is 0 Å². The molecule has 1 saturated heterocycles. The number of halogens is 3. The number of anilines is 1. The molecule has 8 heteroatoms. The van der Waals surface area contributed by atoms with Crippen LogP contribution in [0.5, 0.6) is 0 Å². The molecule has 142 valence electrons. The number of amides is 2. The van der Waals surface area contributed by atoms with Gasteiger partial charge in [-0.15, -0.1) is 0 Å². The summed E-state index contributed by atoms with van der Waals surface area (Å²) in [4.78, 5) is 28.3. The second kappa shape index (κ2) is 8.71. The smallest absolute Gasteiger partial charge is 0.251 e. The minimum atomic E-state index is -0.521. The maximum Gasteiger partial charge on any atom is 0.251 e. The molecule has 1 heterocycles. The molecule has 2 aromatic rings. The third-order valence-corrected chi connectivity index (χ3v) is 5.30. The second-order valence-electron chi connectivity index (χ2n) is 6.16. The molecule has 0 aliphatic carbocycles. The van der Waals surface area contributed by atoms with Crippen LogP contribution in [-0.2, 0) is 4.79 Å². The Kier molecular flexibility index (Phi) is 6.34. The van der Waals surface area contributed by atoms with Crippen molar-refractivity contribution in [1.82, 2.24) is 10.2 Å². The van der Waals surface area contributed by atoms with Crippen LogP contribution in [-0.4, -0.2) is 49.4 Å². The highest BCUT2D eigenvalue weighted by Gasteiger charge is 2.21. The first-order valence-electron chi connectivity index (χ1n) is 8.45. The van der Waals surface area contributed by atoms with Crippen molar-refractivity contribution >= 4 is 45.0 Å². The Bertz CT molecular complexity index is 839. The van der Waals surface area contributed by atoms with Gasteiger partial charge in [-0.2, -0.15) is 0 Å². The van der Waals surface area contributed by atoms with Crippen LogP contribution in [0.1, 0.15) is 10.4 Å². The van der Waals surface area contributed by atoms with Crippen molar-refractivity contribution < 1.29 is 14.0 Å². The van der Waals surface area contributed by atoms with E-state index in [1.807, 2.05) is 24.3 Å². The normalized spacial score (nSPS) is 14.2. The molecule has 1 aliphatic rings. The second-order valence-corrected chi connectivity index (χ2v) is 7.45. The Morgan fingerprint density at radius 3 is 2.37 bits per heavy atom. The van der Waals surface area contributed by atoms with Gasteiger partial charge in [0.15, 0.2) is 0 Å². The van der Waals surface area contributed by atoms with Gasteiger partial charge in [-0.05, 0) is 58.4 Å². The van der Waals surface area contributed by atoms with Gasteiger partial charge in [0, 0.05) is 42.5 Å². The average molecular weight is 455 g/mol. The molecule has 27 heavy (non-hydrogen) atoms. The SMILES string of the molecule is O=C(NCC(=O)N1CCN(c2ccc(Cl)cc2)CC1)c1ccc(Br)c(F)c1. The Morgan fingerprint density at radius 2 is 1.74 bits per heavy atom. The molecular formula is C19H18BrClFN3O2. The number of carbonyl (C=O) groups is 2. The molecule has 0 unspecified atom stereocenters. The Hall–Kier alpha value is -2.12. The summed E-state index contributed by atoms with van der Waals surface area (Å²) in [6, 6.07) is 11.7. The molecule has 1 aliphatic heterocycles. The zero-order valence-corrected chi connectivity index (χ0v) is 16.8.